The number of para-hydroxylation sites is 1. The van der Waals surface area contributed by atoms with Gasteiger partial charge in [0, 0.05) is 17.6 Å². The van der Waals surface area contributed by atoms with Crippen molar-refractivity contribution >= 4 is 45.7 Å². The van der Waals surface area contributed by atoms with E-state index in [4.69, 9.17) is 25.5 Å². The second-order valence-electron chi connectivity index (χ2n) is 5.15. The normalized spacial score (nSPS) is 11.0. The number of fused-ring (bicyclic) bond motifs is 1. The molecule has 0 fully saturated rings. The Labute approximate surface area is 153 Å². The van der Waals surface area contributed by atoms with Gasteiger partial charge in [0.05, 0.1) is 15.8 Å². The average Bonchev–Trinajstić information content (AvgIpc) is 3.21. The van der Waals surface area contributed by atoms with E-state index in [1.54, 1.807) is 18.2 Å². The highest BCUT2D eigenvalue weighted by Gasteiger charge is 2.23. The Morgan fingerprint density at radius 2 is 2.00 bits per heavy atom. The number of ether oxygens (including phenoxy) is 2. The number of carbonyl (C=O) groups excluding carboxylic acids is 2. The largest absolute Gasteiger partial charge is 0.451 e. The van der Waals surface area contributed by atoms with Crippen molar-refractivity contribution in [2.24, 2.45) is 0 Å². The second kappa shape index (κ2) is 7.82. The number of hydrogen-bond acceptors (Lipinski definition) is 6. The summed E-state index contributed by atoms with van der Waals surface area (Å²) in [5, 5.41) is 0.791. The molecule has 25 heavy (non-hydrogen) atoms. The summed E-state index contributed by atoms with van der Waals surface area (Å²) < 4.78 is 16.7. The minimum Gasteiger partial charge on any atom is -0.451 e. The van der Waals surface area contributed by atoms with Gasteiger partial charge < -0.3 is 13.9 Å². The van der Waals surface area contributed by atoms with Crippen molar-refractivity contribution in [2.75, 3.05) is 13.2 Å². The van der Waals surface area contributed by atoms with Crippen molar-refractivity contribution < 1.29 is 23.5 Å². The fourth-order valence-electron chi connectivity index (χ4n) is 2.34. The molecule has 0 saturated carbocycles. The molecule has 0 spiro atoms. The zero-order valence-electron chi connectivity index (χ0n) is 13.4. The van der Waals surface area contributed by atoms with Gasteiger partial charge in [0.15, 0.2) is 6.61 Å². The van der Waals surface area contributed by atoms with E-state index < -0.39 is 5.97 Å². The lowest BCUT2D eigenvalue weighted by molar-refractivity contribution is 0.0440. The van der Waals surface area contributed by atoms with Crippen LogP contribution in [0.3, 0.4) is 0 Å². The van der Waals surface area contributed by atoms with Crippen molar-refractivity contribution in [3.8, 4) is 0 Å². The smallest absolute Gasteiger partial charge is 0.375 e. The van der Waals surface area contributed by atoms with Crippen molar-refractivity contribution in [3.63, 3.8) is 0 Å². The van der Waals surface area contributed by atoms with Crippen LogP contribution in [0.25, 0.3) is 11.0 Å². The van der Waals surface area contributed by atoms with Gasteiger partial charge in [0.2, 0.25) is 11.5 Å². The van der Waals surface area contributed by atoms with E-state index in [0.717, 1.165) is 16.7 Å². The summed E-state index contributed by atoms with van der Waals surface area (Å²) in [6.07, 6.45) is 0. The number of ketones is 1. The first-order valence-electron chi connectivity index (χ1n) is 7.64. The maximum absolute atomic E-state index is 12.4. The highest BCUT2D eigenvalue weighted by atomic mass is 35.5. The molecule has 0 saturated heterocycles. The van der Waals surface area contributed by atoms with E-state index in [1.807, 2.05) is 25.1 Å². The first-order valence-corrected chi connectivity index (χ1v) is 8.83. The molecule has 3 aromatic rings. The fraction of sp³-hybridized carbons (Fsp3) is 0.222. The number of esters is 1. The molecule has 0 bridgehead atoms. The molecule has 2 heterocycles. The van der Waals surface area contributed by atoms with Gasteiger partial charge in [-0.2, -0.15) is 0 Å². The van der Waals surface area contributed by atoms with Crippen LogP contribution in [0.2, 0.25) is 4.34 Å². The number of hydrogen-bond donors (Lipinski definition) is 0. The summed E-state index contributed by atoms with van der Waals surface area (Å²) >= 11 is 6.95. The average molecular weight is 379 g/mol. The topological polar surface area (TPSA) is 65.7 Å². The van der Waals surface area contributed by atoms with E-state index in [1.165, 1.54) is 0 Å². The molecule has 3 rings (SSSR count). The van der Waals surface area contributed by atoms with E-state index in [9.17, 15) is 9.59 Å². The Kier molecular flexibility index (Phi) is 5.53. The van der Waals surface area contributed by atoms with Crippen LogP contribution in [-0.4, -0.2) is 25.0 Å². The fourth-order valence-corrected chi connectivity index (χ4v) is 3.31. The summed E-state index contributed by atoms with van der Waals surface area (Å²) in [6.45, 7) is 2.23. The third-order valence-electron chi connectivity index (χ3n) is 3.52. The molecule has 0 unspecified atom stereocenters. The van der Waals surface area contributed by atoms with Crippen LogP contribution in [0, 0.1) is 0 Å². The minimum atomic E-state index is -0.693. The molecule has 1 aromatic carbocycles. The van der Waals surface area contributed by atoms with E-state index in [2.05, 4.69) is 0 Å². The quantitative estimate of drug-likeness (QED) is 0.439. The molecule has 5 nitrogen and oxygen atoms in total. The van der Waals surface area contributed by atoms with Gasteiger partial charge in [-0.3, -0.25) is 4.79 Å². The SMILES string of the molecule is CCOCc1c(C(=O)OCC(=O)c2ccc(Cl)s2)oc2ccccc12. The third kappa shape index (κ3) is 3.92. The van der Waals surface area contributed by atoms with Crippen LogP contribution in [0.4, 0.5) is 0 Å². The maximum atomic E-state index is 12.4. The van der Waals surface area contributed by atoms with Gasteiger partial charge in [-0.15, -0.1) is 11.3 Å². The van der Waals surface area contributed by atoms with Gasteiger partial charge in [-0.05, 0) is 25.1 Å². The van der Waals surface area contributed by atoms with Crippen LogP contribution < -0.4 is 0 Å². The predicted octanol–water partition coefficient (Wildman–Crippen LogP) is 4.72. The lowest BCUT2D eigenvalue weighted by Gasteiger charge is -2.04. The van der Waals surface area contributed by atoms with Crippen LogP contribution in [0.1, 0.15) is 32.7 Å². The second-order valence-corrected chi connectivity index (χ2v) is 6.86. The molecule has 2 aromatic heterocycles. The molecule has 0 atom stereocenters. The molecule has 0 aliphatic carbocycles. The number of rotatable bonds is 7. The monoisotopic (exact) mass is 378 g/mol. The van der Waals surface area contributed by atoms with E-state index in [0.29, 0.717) is 27.0 Å². The van der Waals surface area contributed by atoms with Crippen molar-refractivity contribution in [1.82, 2.24) is 0 Å². The molecule has 0 N–H and O–H groups in total. The van der Waals surface area contributed by atoms with Crippen molar-refractivity contribution in [1.29, 1.82) is 0 Å². The highest BCUT2D eigenvalue weighted by molar-refractivity contribution is 7.18. The third-order valence-corrected chi connectivity index (χ3v) is 4.79. The molecule has 0 amide bonds. The summed E-state index contributed by atoms with van der Waals surface area (Å²) in [5.41, 5.74) is 1.19. The summed E-state index contributed by atoms with van der Waals surface area (Å²) in [4.78, 5) is 24.9. The lowest BCUT2D eigenvalue weighted by atomic mass is 10.1. The maximum Gasteiger partial charge on any atom is 0.375 e. The molecular weight excluding hydrogens is 364 g/mol. The minimum absolute atomic E-state index is 0.0617. The first kappa shape index (κ1) is 17.7. The predicted molar refractivity (Wildman–Crippen MR) is 95.5 cm³/mol. The van der Waals surface area contributed by atoms with Crippen LogP contribution >= 0.6 is 22.9 Å². The van der Waals surface area contributed by atoms with Gasteiger partial charge in [0.1, 0.15) is 5.58 Å². The molecule has 130 valence electrons. The number of furan rings is 1. The number of halogens is 1. The van der Waals surface area contributed by atoms with Crippen LogP contribution in [0.5, 0.6) is 0 Å². The van der Waals surface area contributed by atoms with Gasteiger partial charge in [-0.1, -0.05) is 29.8 Å². The number of carbonyl (C=O) groups is 2. The Bertz CT molecular complexity index is 911. The first-order chi connectivity index (χ1) is 12.1. The standard InChI is InChI=1S/C18H15ClO5S/c1-2-22-9-12-11-5-3-4-6-14(11)24-17(12)18(21)23-10-13(20)15-7-8-16(19)25-15/h3-8H,2,9-10H2,1H3. The van der Waals surface area contributed by atoms with Gasteiger partial charge in [0.25, 0.3) is 0 Å². The number of benzene rings is 1. The molecule has 7 heteroatoms. The Morgan fingerprint density at radius 3 is 2.72 bits per heavy atom. The van der Waals surface area contributed by atoms with Crippen molar-refractivity contribution in [3.05, 3.63) is 56.9 Å². The summed E-state index contributed by atoms with van der Waals surface area (Å²) in [7, 11) is 0. The molecular formula is C18H15ClO5S. The highest BCUT2D eigenvalue weighted by Crippen LogP contribution is 2.27. The molecule has 0 aliphatic heterocycles. The van der Waals surface area contributed by atoms with Gasteiger partial charge >= 0.3 is 5.97 Å². The van der Waals surface area contributed by atoms with Gasteiger partial charge in [-0.25, -0.2) is 4.79 Å². The Hall–Kier alpha value is -2.15. The van der Waals surface area contributed by atoms with Crippen LogP contribution in [-0.2, 0) is 16.1 Å². The molecule has 0 aliphatic rings. The summed E-state index contributed by atoms with van der Waals surface area (Å²) in [5.74, 6) is -0.943. The lowest BCUT2D eigenvalue weighted by Crippen LogP contribution is -2.14. The molecule has 0 radical (unpaired) electrons. The van der Waals surface area contributed by atoms with E-state index >= 15 is 0 Å². The van der Waals surface area contributed by atoms with Crippen LogP contribution in [0.15, 0.2) is 40.8 Å². The Balaban J connectivity index is 1.78. The Morgan fingerprint density at radius 1 is 1.20 bits per heavy atom. The summed E-state index contributed by atoms with van der Waals surface area (Å²) in [6, 6.07) is 10.5. The zero-order valence-corrected chi connectivity index (χ0v) is 15.0. The number of Topliss-reactive ketones (excluding diaryl/α,β-unsaturated/α-hetero) is 1. The van der Waals surface area contributed by atoms with Crippen molar-refractivity contribution in [2.45, 2.75) is 13.5 Å². The van der Waals surface area contributed by atoms with E-state index in [-0.39, 0.29) is 24.8 Å². The number of thiophene rings is 1. The zero-order chi connectivity index (χ0) is 17.8.